The maximum Gasteiger partial charge on any atom is 0.338 e. The average molecular weight is 286 g/mol. The van der Waals surface area contributed by atoms with Gasteiger partial charge in [-0.05, 0) is 30.7 Å². The van der Waals surface area contributed by atoms with Crippen LogP contribution in [-0.4, -0.2) is 11.1 Å². The molecule has 3 nitrogen and oxygen atoms in total. The van der Waals surface area contributed by atoms with Crippen LogP contribution in [0.5, 0.6) is 5.75 Å². The zero-order valence-electron chi connectivity index (χ0n) is 11.5. The molecule has 0 fully saturated rings. The third-order valence-corrected chi connectivity index (χ3v) is 2.92. The Morgan fingerprint density at radius 3 is 2.71 bits per heavy atom. The molecule has 0 spiro atoms. The van der Waals surface area contributed by atoms with E-state index in [2.05, 4.69) is 0 Å². The van der Waals surface area contributed by atoms with Crippen LogP contribution < -0.4 is 4.74 Å². The first-order valence-corrected chi connectivity index (χ1v) is 6.48. The number of hydrogen-bond acceptors (Lipinski definition) is 2. The molecule has 4 heteroatoms. The summed E-state index contributed by atoms with van der Waals surface area (Å²) in [5.41, 5.74) is 1.17. The molecule has 21 heavy (non-hydrogen) atoms. The van der Waals surface area contributed by atoms with Crippen LogP contribution in [-0.2, 0) is 6.61 Å². The number of rotatable bonds is 5. The van der Waals surface area contributed by atoms with Crippen molar-refractivity contribution in [3.8, 4) is 5.75 Å². The largest absolute Gasteiger partial charge is 0.488 e. The molecule has 0 unspecified atom stereocenters. The number of carboxylic acids is 1. The number of hydrogen-bond donors (Lipinski definition) is 1. The topological polar surface area (TPSA) is 46.5 Å². The fraction of sp³-hybridized carbons (Fsp3) is 0.118. The Morgan fingerprint density at radius 1 is 1.29 bits per heavy atom. The SMILES string of the molecule is C/C=C/c1ccccc1OCc1ccc(C(=O)O)c(F)c1. The van der Waals surface area contributed by atoms with E-state index in [9.17, 15) is 9.18 Å². The number of benzene rings is 2. The number of para-hydroxylation sites is 1. The first-order valence-electron chi connectivity index (χ1n) is 6.48. The molecule has 0 heterocycles. The molecule has 0 radical (unpaired) electrons. The van der Waals surface area contributed by atoms with Gasteiger partial charge >= 0.3 is 5.97 Å². The fourth-order valence-corrected chi connectivity index (χ4v) is 1.91. The smallest absolute Gasteiger partial charge is 0.338 e. The van der Waals surface area contributed by atoms with E-state index in [1.165, 1.54) is 12.1 Å². The van der Waals surface area contributed by atoms with Gasteiger partial charge in [0.1, 0.15) is 18.2 Å². The van der Waals surface area contributed by atoms with Crippen LogP contribution in [0.15, 0.2) is 48.5 Å². The lowest BCUT2D eigenvalue weighted by molar-refractivity contribution is 0.0692. The van der Waals surface area contributed by atoms with Crippen LogP contribution in [0, 0.1) is 5.82 Å². The third kappa shape index (κ3) is 3.69. The highest BCUT2D eigenvalue weighted by molar-refractivity contribution is 5.87. The molecular weight excluding hydrogens is 271 g/mol. The third-order valence-electron chi connectivity index (χ3n) is 2.92. The summed E-state index contributed by atoms with van der Waals surface area (Å²) in [6.07, 6.45) is 3.83. The molecule has 1 N–H and O–H groups in total. The van der Waals surface area contributed by atoms with E-state index in [0.717, 1.165) is 5.56 Å². The summed E-state index contributed by atoms with van der Waals surface area (Å²) in [4.78, 5) is 10.8. The van der Waals surface area contributed by atoms with Gasteiger partial charge in [0.2, 0.25) is 0 Å². The number of carboxylic acid groups (broad SMARTS) is 1. The molecule has 2 aromatic carbocycles. The Kier molecular flexibility index (Phi) is 4.72. The zero-order valence-corrected chi connectivity index (χ0v) is 11.5. The predicted molar refractivity (Wildman–Crippen MR) is 78.8 cm³/mol. The molecule has 108 valence electrons. The average Bonchev–Trinajstić information content (AvgIpc) is 2.46. The Labute approximate surface area is 122 Å². The van der Waals surface area contributed by atoms with E-state index in [0.29, 0.717) is 11.3 Å². The Balaban J connectivity index is 2.14. The predicted octanol–water partition coefficient (Wildman–Crippen LogP) is 4.14. The van der Waals surface area contributed by atoms with Crippen molar-refractivity contribution in [2.45, 2.75) is 13.5 Å². The van der Waals surface area contributed by atoms with Gasteiger partial charge in [-0.3, -0.25) is 0 Å². The quantitative estimate of drug-likeness (QED) is 0.898. The summed E-state index contributed by atoms with van der Waals surface area (Å²) >= 11 is 0. The van der Waals surface area contributed by atoms with Crippen molar-refractivity contribution in [2.24, 2.45) is 0 Å². The zero-order chi connectivity index (χ0) is 15.2. The van der Waals surface area contributed by atoms with E-state index < -0.39 is 11.8 Å². The van der Waals surface area contributed by atoms with Gasteiger partial charge in [0.05, 0.1) is 5.56 Å². The molecule has 2 rings (SSSR count). The number of allylic oxidation sites excluding steroid dienone is 1. The molecule has 0 bridgehead atoms. The molecule has 0 aromatic heterocycles. The van der Waals surface area contributed by atoms with E-state index in [1.54, 1.807) is 6.07 Å². The van der Waals surface area contributed by atoms with E-state index >= 15 is 0 Å². The van der Waals surface area contributed by atoms with Crippen molar-refractivity contribution in [2.75, 3.05) is 0 Å². The Morgan fingerprint density at radius 2 is 2.05 bits per heavy atom. The minimum atomic E-state index is -1.28. The maximum atomic E-state index is 13.6. The van der Waals surface area contributed by atoms with Gasteiger partial charge in [0, 0.05) is 5.56 Å². The van der Waals surface area contributed by atoms with Crippen molar-refractivity contribution in [3.63, 3.8) is 0 Å². The van der Waals surface area contributed by atoms with Crippen LogP contribution in [0.25, 0.3) is 6.08 Å². The monoisotopic (exact) mass is 286 g/mol. The molecule has 2 aromatic rings. The lowest BCUT2D eigenvalue weighted by Gasteiger charge is -2.09. The maximum absolute atomic E-state index is 13.6. The summed E-state index contributed by atoms with van der Waals surface area (Å²) in [6, 6.07) is 11.5. The Bertz CT molecular complexity index is 677. The van der Waals surface area contributed by atoms with Crippen LogP contribution in [0.3, 0.4) is 0 Å². The van der Waals surface area contributed by atoms with Crippen molar-refractivity contribution in [3.05, 3.63) is 71.0 Å². The van der Waals surface area contributed by atoms with Crippen molar-refractivity contribution in [1.29, 1.82) is 0 Å². The van der Waals surface area contributed by atoms with Gasteiger partial charge in [-0.25, -0.2) is 9.18 Å². The second-order valence-corrected chi connectivity index (χ2v) is 4.45. The van der Waals surface area contributed by atoms with Crippen LogP contribution >= 0.6 is 0 Å². The minimum Gasteiger partial charge on any atom is -0.488 e. The highest BCUT2D eigenvalue weighted by Crippen LogP contribution is 2.21. The van der Waals surface area contributed by atoms with Gasteiger partial charge < -0.3 is 9.84 Å². The summed E-state index contributed by atoms with van der Waals surface area (Å²) in [5, 5.41) is 8.78. The molecule has 0 saturated carbocycles. The first kappa shape index (κ1) is 14.8. The normalized spacial score (nSPS) is 10.8. The summed E-state index contributed by atoms with van der Waals surface area (Å²) in [7, 11) is 0. The highest BCUT2D eigenvalue weighted by Gasteiger charge is 2.10. The fourth-order valence-electron chi connectivity index (χ4n) is 1.91. The summed E-state index contributed by atoms with van der Waals surface area (Å²) in [6.45, 7) is 2.09. The number of halogens is 1. The van der Waals surface area contributed by atoms with Crippen LogP contribution in [0.4, 0.5) is 4.39 Å². The second-order valence-electron chi connectivity index (χ2n) is 4.45. The van der Waals surface area contributed by atoms with Gasteiger partial charge in [0.25, 0.3) is 0 Å². The molecule has 0 aliphatic rings. The molecule has 0 saturated heterocycles. The molecule has 0 atom stereocenters. The number of aromatic carboxylic acids is 1. The minimum absolute atomic E-state index is 0.172. The van der Waals surface area contributed by atoms with Gasteiger partial charge in [-0.15, -0.1) is 0 Å². The van der Waals surface area contributed by atoms with Gasteiger partial charge in [-0.1, -0.05) is 36.4 Å². The molecular formula is C17H15FO3. The van der Waals surface area contributed by atoms with Gasteiger partial charge in [-0.2, -0.15) is 0 Å². The first-order chi connectivity index (χ1) is 10.1. The van der Waals surface area contributed by atoms with E-state index in [-0.39, 0.29) is 12.2 Å². The highest BCUT2D eigenvalue weighted by atomic mass is 19.1. The van der Waals surface area contributed by atoms with E-state index in [4.69, 9.17) is 9.84 Å². The van der Waals surface area contributed by atoms with Crippen LogP contribution in [0.2, 0.25) is 0 Å². The van der Waals surface area contributed by atoms with Gasteiger partial charge in [0.15, 0.2) is 0 Å². The summed E-state index contributed by atoms with van der Waals surface area (Å²) < 4.78 is 19.2. The standard InChI is InChI=1S/C17H15FO3/c1-2-5-13-6-3-4-7-16(13)21-11-12-8-9-14(17(19)20)15(18)10-12/h2-10H,11H2,1H3,(H,19,20)/b5-2+. The Hall–Kier alpha value is -2.62. The van der Waals surface area contributed by atoms with Crippen molar-refractivity contribution in [1.82, 2.24) is 0 Å². The lowest BCUT2D eigenvalue weighted by Crippen LogP contribution is -2.03. The summed E-state index contributed by atoms with van der Waals surface area (Å²) in [5.74, 6) is -1.35. The van der Waals surface area contributed by atoms with Crippen LogP contribution in [0.1, 0.15) is 28.4 Å². The van der Waals surface area contributed by atoms with E-state index in [1.807, 2.05) is 43.3 Å². The molecule has 0 aliphatic carbocycles. The number of ether oxygens (including phenoxy) is 1. The number of carbonyl (C=O) groups is 1. The molecule has 0 amide bonds. The second kappa shape index (κ2) is 6.70. The van der Waals surface area contributed by atoms with Crippen molar-refractivity contribution >= 4 is 12.0 Å². The van der Waals surface area contributed by atoms with Crippen molar-refractivity contribution < 1.29 is 19.0 Å². The lowest BCUT2D eigenvalue weighted by atomic mass is 10.1. The molecule has 0 aliphatic heterocycles.